The van der Waals surface area contributed by atoms with E-state index in [4.69, 9.17) is 0 Å². The third-order valence-corrected chi connectivity index (χ3v) is 12.4. The molecule has 0 N–H and O–H groups in total. The van der Waals surface area contributed by atoms with Crippen molar-refractivity contribution in [3.05, 3.63) is 12.2 Å². The number of hydrogen-bond acceptors (Lipinski definition) is 1. The number of allylic oxidation sites excluding steroid dienone is 1. The molecule has 5 saturated carbocycles. The predicted octanol–water partition coefficient (Wildman–Crippen LogP) is 7.60. The Bertz CT molecular complexity index is 737. The molecule has 0 bridgehead atoms. The minimum atomic E-state index is 0.402. The fourth-order valence-corrected chi connectivity index (χ4v) is 10.4. The van der Waals surface area contributed by atoms with Gasteiger partial charge in [0.2, 0.25) is 0 Å². The number of ketones is 1. The molecule has 29 heavy (non-hydrogen) atoms. The molecule has 0 aromatic heterocycles. The van der Waals surface area contributed by atoms with Crippen molar-refractivity contribution in [2.75, 3.05) is 0 Å². The topological polar surface area (TPSA) is 17.1 Å². The second-order valence-corrected chi connectivity index (χ2v) is 13.2. The summed E-state index contributed by atoms with van der Waals surface area (Å²) in [6, 6.07) is 0. The Labute approximate surface area is 179 Å². The van der Waals surface area contributed by atoms with Gasteiger partial charge in [-0.3, -0.25) is 4.79 Å². The molecule has 5 rings (SSSR count). The van der Waals surface area contributed by atoms with Crippen LogP contribution in [0.1, 0.15) is 105 Å². The molecule has 1 nitrogen and oxygen atoms in total. The fraction of sp³-hybridized carbons (Fsp3) is 0.893. The fourth-order valence-electron chi connectivity index (χ4n) is 10.4. The highest BCUT2D eigenvalue weighted by atomic mass is 16.1. The van der Waals surface area contributed by atoms with Crippen molar-refractivity contribution < 1.29 is 4.79 Å². The number of carbonyl (C=O) groups excluding carboxylic acids is 1. The molecule has 0 amide bonds. The molecule has 1 heteroatoms. The third-order valence-electron chi connectivity index (χ3n) is 12.4. The normalized spacial score (nSPS) is 56.7. The highest BCUT2D eigenvalue weighted by Gasteiger charge is 2.68. The maximum atomic E-state index is 12.2. The standard InChI is InChI=1S/C28H44O/c1-18(2)21-11-12-25(3)15-16-27(5)22(24(21)25)7-8-23-26(4)13-10-20(29)17-19(26)9-14-28(23,27)6/h19,21-24H,1,7-17H2,2-6H3/t19-,21-,22-,23+,24-,25+,26+,27+,28-/m0/s1. The molecule has 5 aliphatic rings. The lowest BCUT2D eigenvalue weighted by atomic mass is 9.33. The quantitative estimate of drug-likeness (QED) is 0.417. The first-order valence-corrected chi connectivity index (χ1v) is 12.7. The Morgan fingerprint density at radius 1 is 0.897 bits per heavy atom. The van der Waals surface area contributed by atoms with Crippen molar-refractivity contribution in [1.82, 2.24) is 0 Å². The first-order chi connectivity index (χ1) is 13.6. The Morgan fingerprint density at radius 3 is 2.38 bits per heavy atom. The average Bonchev–Trinajstić information content (AvgIpc) is 3.01. The third kappa shape index (κ3) is 2.48. The number of hydrogen-bond donors (Lipinski definition) is 0. The molecule has 0 saturated heterocycles. The summed E-state index contributed by atoms with van der Waals surface area (Å²) in [6.07, 6.45) is 14.0. The van der Waals surface area contributed by atoms with Crippen LogP contribution >= 0.6 is 0 Å². The van der Waals surface area contributed by atoms with E-state index in [9.17, 15) is 4.79 Å². The summed E-state index contributed by atoms with van der Waals surface area (Å²) in [4.78, 5) is 12.2. The molecular formula is C28H44O. The van der Waals surface area contributed by atoms with E-state index in [0.717, 1.165) is 42.9 Å². The van der Waals surface area contributed by atoms with Crippen LogP contribution in [0.4, 0.5) is 0 Å². The van der Waals surface area contributed by atoms with Crippen LogP contribution in [0.5, 0.6) is 0 Å². The van der Waals surface area contributed by atoms with Crippen LogP contribution in [0, 0.1) is 51.2 Å². The van der Waals surface area contributed by atoms with Crippen LogP contribution in [-0.2, 0) is 4.79 Å². The van der Waals surface area contributed by atoms with Gasteiger partial charge < -0.3 is 0 Å². The Kier molecular flexibility index (Phi) is 4.36. The van der Waals surface area contributed by atoms with Crippen molar-refractivity contribution in [3.63, 3.8) is 0 Å². The van der Waals surface area contributed by atoms with Gasteiger partial charge in [-0.25, -0.2) is 0 Å². The van der Waals surface area contributed by atoms with Crippen molar-refractivity contribution in [2.45, 2.75) is 105 Å². The predicted molar refractivity (Wildman–Crippen MR) is 120 cm³/mol. The largest absolute Gasteiger partial charge is 0.300 e. The van der Waals surface area contributed by atoms with E-state index < -0.39 is 0 Å². The van der Waals surface area contributed by atoms with E-state index in [2.05, 4.69) is 41.2 Å². The maximum absolute atomic E-state index is 12.2. The number of Topliss-reactive ketones (excluding diaryl/α,β-unsaturated/α-hetero) is 1. The monoisotopic (exact) mass is 396 g/mol. The van der Waals surface area contributed by atoms with Crippen molar-refractivity contribution in [2.24, 2.45) is 51.2 Å². The van der Waals surface area contributed by atoms with E-state index in [1.807, 2.05) is 0 Å². The SMILES string of the molecule is C=C(C)[C@@H]1CC[C@]2(C)CC[C@]3(C)[C@@H](CC[C@@H]4[C@]5(C)CCC(=O)C[C@@H]5CC[C@@]43C)[C@H]12. The summed E-state index contributed by atoms with van der Waals surface area (Å²) >= 11 is 0. The first kappa shape index (κ1) is 20.3. The van der Waals surface area contributed by atoms with Gasteiger partial charge in [0.15, 0.2) is 0 Å². The summed E-state index contributed by atoms with van der Waals surface area (Å²) < 4.78 is 0. The molecular weight excluding hydrogens is 352 g/mol. The van der Waals surface area contributed by atoms with Gasteiger partial charge >= 0.3 is 0 Å². The van der Waals surface area contributed by atoms with Gasteiger partial charge in [0.25, 0.3) is 0 Å². The van der Waals surface area contributed by atoms with Crippen LogP contribution in [0.15, 0.2) is 12.2 Å². The summed E-state index contributed by atoms with van der Waals surface area (Å²) in [5, 5.41) is 0. The Morgan fingerprint density at radius 2 is 1.66 bits per heavy atom. The molecule has 5 aliphatic carbocycles. The van der Waals surface area contributed by atoms with Gasteiger partial charge in [-0.15, -0.1) is 0 Å². The lowest BCUT2D eigenvalue weighted by Gasteiger charge is -2.71. The zero-order chi connectivity index (χ0) is 20.8. The summed E-state index contributed by atoms with van der Waals surface area (Å²) in [6.45, 7) is 17.4. The van der Waals surface area contributed by atoms with Crippen LogP contribution in [0.25, 0.3) is 0 Å². The highest BCUT2D eigenvalue weighted by molar-refractivity contribution is 5.79. The van der Waals surface area contributed by atoms with Crippen LogP contribution in [0.2, 0.25) is 0 Å². The Hall–Kier alpha value is -0.590. The second kappa shape index (κ2) is 6.23. The molecule has 0 aliphatic heterocycles. The van der Waals surface area contributed by atoms with Gasteiger partial charge in [-0.05, 0) is 116 Å². The summed E-state index contributed by atoms with van der Waals surface area (Å²) in [5.74, 6) is 4.50. The van der Waals surface area contributed by atoms with Crippen LogP contribution in [-0.4, -0.2) is 5.78 Å². The second-order valence-electron chi connectivity index (χ2n) is 13.2. The van der Waals surface area contributed by atoms with Gasteiger partial charge in [0.1, 0.15) is 5.78 Å². The van der Waals surface area contributed by atoms with Gasteiger partial charge in [0, 0.05) is 12.8 Å². The maximum Gasteiger partial charge on any atom is 0.133 e. The molecule has 162 valence electrons. The van der Waals surface area contributed by atoms with E-state index in [1.165, 1.54) is 56.9 Å². The number of carbonyl (C=O) groups is 1. The van der Waals surface area contributed by atoms with Crippen molar-refractivity contribution >= 4 is 5.78 Å². The number of rotatable bonds is 1. The smallest absolute Gasteiger partial charge is 0.133 e. The number of fused-ring (bicyclic) bond motifs is 7. The zero-order valence-corrected chi connectivity index (χ0v) is 19.8. The molecule has 0 spiro atoms. The summed E-state index contributed by atoms with van der Waals surface area (Å²) in [5.41, 5.74) is 3.32. The Balaban J connectivity index is 1.54. The summed E-state index contributed by atoms with van der Waals surface area (Å²) in [7, 11) is 0. The molecule has 5 fully saturated rings. The van der Waals surface area contributed by atoms with Gasteiger partial charge in [0.05, 0.1) is 0 Å². The van der Waals surface area contributed by atoms with Crippen molar-refractivity contribution in [3.8, 4) is 0 Å². The first-order valence-electron chi connectivity index (χ1n) is 12.7. The molecule has 0 aromatic carbocycles. The van der Waals surface area contributed by atoms with Crippen LogP contribution < -0.4 is 0 Å². The van der Waals surface area contributed by atoms with E-state index >= 15 is 0 Å². The van der Waals surface area contributed by atoms with Crippen LogP contribution in [0.3, 0.4) is 0 Å². The van der Waals surface area contributed by atoms with Gasteiger partial charge in [-0.1, -0.05) is 39.8 Å². The van der Waals surface area contributed by atoms with E-state index in [-0.39, 0.29) is 0 Å². The van der Waals surface area contributed by atoms with E-state index in [1.54, 1.807) is 0 Å². The lowest BCUT2D eigenvalue weighted by molar-refractivity contribution is -0.220. The minimum absolute atomic E-state index is 0.402. The average molecular weight is 397 g/mol. The zero-order valence-electron chi connectivity index (χ0n) is 19.8. The molecule has 0 unspecified atom stereocenters. The highest BCUT2D eigenvalue weighted by Crippen LogP contribution is 2.76. The van der Waals surface area contributed by atoms with Gasteiger partial charge in [-0.2, -0.15) is 0 Å². The van der Waals surface area contributed by atoms with Crippen molar-refractivity contribution in [1.29, 1.82) is 0 Å². The van der Waals surface area contributed by atoms with E-state index in [0.29, 0.717) is 33.4 Å². The molecule has 9 atom stereocenters. The lowest BCUT2D eigenvalue weighted by Crippen LogP contribution is -2.64. The minimum Gasteiger partial charge on any atom is -0.300 e. The molecule has 0 radical (unpaired) electrons. The molecule has 0 aromatic rings. The molecule has 0 heterocycles.